The fourth-order valence-electron chi connectivity index (χ4n) is 4.47. The summed E-state index contributed by atoms with van der Waals surface area (Å²) < 4.78 is 0. The molecule has 0 aliphatic heterocycles. The van der Waals surface area contributed by atoms with Crippen LogP contribution in [-0.2, 0) is 0 Å². The Bertz CT molecular complexity index is 201. The van der Waals surface area contributed by atoms with Crippen molar-refractivity contribution in [1.29, 1.82) is 0 Å². The highest BCUT2D eigenvalue weighted by atomic mass is 16.3. The second-order valence-corrected chi connectivity index (χ2v) is 5.11. The van der Waals surface area contributed by atoms with Gasteiger partial charge in [0.05, 0.1) is 6.10 Å². The van der Waals surface area contributed by atoms with Crippen LogP contribution in [0.5, 0.6) is 0 Å². The third-order valence-electron chi connectivity index (χ3n) is 4.94. The van der Waals surface area contributed by atoms with E-state index >= 15 is 0 Å². The Balaban J connectivity index is 1.96. The van der Waals surface area contributed by atoms with Crippen LogP contribution in [0.4, 0.5) is 0 Å². The highest BCUT2D eigenvalue weighted by molar-refractivity contribution is 5.07. The first-order valence-electron chi connectivity index (χ1n) is 5.51. The molecule has 3 aliphatic rings. The maximum atomic E-state index is 9.84. The van der Waals surface area contributed by atoms with Gasteiger partial charge in [0, 0.05) is 0 Å². The van der Waals surface area contributed by atoms with Crippen molar-refractivity contribution in [3.63, 3.8) is 0 Å². The van der Waals surface area contributed by atoms with Gasteiger partial charge in [-0.15, -0.1) is 0 Å². The molecule has 3 aliphatic carbocycles. The van der Waals surface area contributed by atoms with Crippen molar-refractivity contribution < 1.29 is 5.11 Å². The smallest absolute Gasteiger partial charge is 0.0574 e. The fraction of sp³-hybridized carbons (Fsp3) is 1.00. The van der Waals surface area contributed by atoms with Gasteiger partial charge in [-0.1, -0.05) is 6.42 Å². The lowest BCUT2D eigenvalue weighted by Crippen LogP contribution is -2.26. The molecule has 4 unspecified atom stereocenters. The van der Waals surface area contributed by atoms with Crippen molar-refractivity contribution in [2.45, 2.75) is 51.0 Å². The van der Waals surface area contributed by atoms with E-state index in [0.29, 0.717) is 11.3 Å². The molecule has 4 atom stereocenters. The molecule has 0 heterocycles. The summed E-state index contributed by atoms with van der Waals surface area (Å²) in [5, 5.41) is 9.84. The topological polar surface area (TPSA) is 20.2 Å². The summed E-state index contributed by atoms with van der Waals surface area (Å²) >= 11 is 0. The van der Waals surface area contributed by atoms with Crippen LogP contribution in [0.3, 0.4) is 0 Å². The van der Waals surface area contributed by atoms with Gasteiger partial charge in [0.15, 0.2) is 0 Å². The summed E-state index contributed by atoms with van der Waals surface area (Å²) in [5.41, 5.74) is 0.638. The molecule has 68 valence electrons. The maximum absolute atomic E-state index is 9.84. The number of hydrogen-bond donors (Lipinski definition) is 1. The Hall–Kier alpha value is -0.0400. The number of hydrogen-bond acceptors (Lipinski definition) is 1. The lowest BCUT2D eigenvalue weighted by Gasteiger charge is -2.29. The molecular formula is C11H18O. The third-order valence-corrected chi connectivity index (χ3v) is 4.94. The van der Waals surface area contributed by atoms with Crippen molar-refractivity contribution >= 4 is 0 Å². The van der Waals surface area contributed by atoms with E-state index in [1.165, 1.54) is 38.5 Å². The minimum absolute atomic E-state index is 0.0631. The Morgan fingerprint density at radius 3 is 2.83 bits per heavy atom. The van der Waals surface area contributed by atoms with Crippen molar-refractivity contribution in [2.24, 2.45) is 17.3 Å². The second kappa shape index (κ2) is 2.25. The van der Waals surface area contributed by atoms with Crippen LogP contribution in [0.15, 0.2) is 0 Å². The molecule has 0 radical (unpaired) electrons. The molecule has 0 saturated heterocycles. The average Bonchev–Trinajstić information content (AvgIpc) is 2.62. The zero-order valence-electron chi connectivity index (χ0n) is 7.63. The molecule has 0 amide bonds. The molecule has 1 spiro atoms. The fourth-order valence-corrected chi connectivity index (χ4v) is 4.47. The number of aliphatic hydroxyl groups excluding tert-OH is 1. The van der Waals surface area contributed by atoms with Gasteiger partial charge in [-0.25, -0.2) is 0 Å². The van der Waals surface area contributed by atoms with Crippen LogP contribution in [0.1, 0.15) is 44.9 Å². The summed E-state index contributed by atoms with van der Waals surface area (Å²) in [7, 11) is 0. The molecule has 3 saturated carbocycles. The summed E-state index contributed by atoms with van der Waals surface area (Å²) in [6, 6.07) is 0. The third kappa shape index (κ3) is 0.693. The van der Waals surface area contributed by atoms with Crippen LogP contribution >= 0.6 is 0 Å². The molecule has 1 nitrogen and oxygen atoms in total. The van der Waals surface area contributed by atoms with E-state index in [0.717, 1.165) is 12.3 Å². The average molecular weight is 166 g/mol. The Morgan fingerprint density at radius 1 is 1.00 bits per heavy atom. The standard InChI is InChI=1S/C11H18O/c12-10-5-7-11-6-1-2-8(11)3-4-9(10)11/h8-10,12H,1-7H2. The molecular weight excluding hydrogens is 148 g/mol. The van der Waals surface area contributed by atoms with E-state index in [-0.39, 0.29) is 6.10 Å². The molecule has 0 aromatic heterocycles. The zero-order chi connectivity index (χ0) is 8.18. The van der Waals surface area contributed by atoms with Crippen molar-refractivity contribution in [3.05, 3.63) is 0 Å². The molecule has 1 heteroatoms. The minimum Gasteiger partial charge on any atom is -0.393 e. The van der Waals surface area contributed by atoms with Crippen LogP contribution in [-0.4, -0.2) is 11.2 Å². The largest absolute Gasteiger partial charge is 0.393 e. The van der Waals surface area contributed by atoms with E-state index in [1.807, 2.05) is 0 Å². The number of aliphatic hydroxyl groups is 1. The molecule has 0 bridgehead atoms. The van der Waals surface area contributed by atoms with Crippen LogP contribution < -0.4 is 0 Å². The van der Waals surface area contributed by atoms with Gasteiger partial charge in [-0.05, 0) is 55.8 Å². The quantitative estimate of drug-likeness (QED) is 0.585. The van der Waals surface area contributed by atoms with Crippen molar-refractivity contribution in [1.82, 2.24) is 0 Å². The molecule has 1 N–H and O–H groups in total. The predicted octanol–water partition coefficient (Wildman–Crippen LogP) is 2.34. The van der Waals surface area contributed by atoms with Gasteiger partial charge in [0.25, 0.3) is 0 Å². The van der Waals surface area contributed by atoms with Gasteiger partial charge < -0.3 is 5.11 Å². The van der Waals surface area contributed by atoms with E-state index in [4.69, 9.17) is 0 Å². The summed E-state index contributed by atoms with van der Waals surface area (Å²) in [4.78, 5) is 0. The molecule has 0 aromatic carbocycles. The monoisotopic (exact) mass is 166 g/mol. The first-order chi connectivity index (χ1) is 5.83. The van der Waals surface area contributed by atoms with Crippen LogP contribution in [0.2, 0.25) is 0 Å². The van der Waals surface area contributed by atoms with E-state index in [2.05, 4.69) is 0 Å². The molecule has 3 fully saturated rings. The zero-order valence-corrected chi connectivity index (χ0v) is 7.63. The Kier molecular flexibility index (Phi) is 1.39. The lowest BCUT2D eigenvalue weighted by molar-refractivity contribution is 0.0898. The first kappa shape index (κ1) is 7.37. The summed E-state index contributed by atoms with van der Waals surface area (Å²) in [6.45, 7) is 0. The van der Waals surface area contributed by atoms with Gasteiger partial charge in [0.2, 0.25) is 0 Å². The summed E-state index contributed by atoms with van der Waals surface area (Å²) in [5.74, 6) is 1.70. The van der Waals surface area contributed by atoms with Crippen LogP contribution in [0.25, 0.3) is 0 Å². The van der Waals surface area contributed by atoms with Gasteiger partial charge in [-0.2, -0.15) is 0 Å². The van der Waals surface area contributed by atoms with Crippen molar-refractivity contribution in [2.75, 3.05) is 0 Å². The van der Waals surface area contributed by atoms with Gasteiger partial charge in [-0.3, -0.25) is 0 Å². The Labute approximate surface area is 74.2 Å². The molecule has 12 heavy (non-hydrogen) atoms. The van der Waals surface area contributed by atoms with E-state index in [9.17, 15) is 5.11 Å². The number of rotatable bonds is 0. The highest BCUT2D eigenvalue weighted by Gasteiger charge is 2.57. The molecule has 3 rings (SSSR count). The predicted molar refractivity (Wildman–Crippen MR) is 47.7 cm³/mol. The highest BCUT2D eigenvalue weighted by Crippen LogP contribution is 2.64. The van der Waals surface area contributed by atoms with E-state index < -0.39 is 0 Å². The molecule has 0 aromatic rings. The maximum Gasteiger partial charge on any atom is 0.0574 e. The second-order valence-electron chi connectivity index (χ2n) is 5.11. The SMILES string of the molecule is OC1CCC23CCCC2CCC13. The van der Waals surface area contributed by atoms with Crippen LogP contribution in [0, 0.1) is 17.3 Å². The first-order valence-corrected chi connectivity index (χ1v) is 5.51. The lowest BCUT2D eigenvalue weighted by atomic mass is 9.75. The van der Waals surface area contributed by atoms with E-state index in [1.54, 1.807) is 0 Å². The normalized spacial score (nSPS) is 57.2. The Morgan fingerprint density at radius 2 is 1.92 bits per heavy atom. The van der Waals surface area contributed by atoms with Crippen molar-refractivity contribution in [3.8, 4) is 0 Å². The van der Waals surface area contributed by atoms with Gasteiger partial charge in [0.1, 0.15) is 0 Å². The van der Waals surface area contributed by atoms with Gasteiger partial charge >= 0.3 is 0 Å². The summed E-state index contributed by atoms with van der Waals surface area (Å²) in [6.07, 6.45) is 9.57. The minimum atomic E-state index is 0.0631.